The van der Waals surface area contributed by atoms with Crippen molar-refractivity contribution in [1.29, 1.82) is 0 Å². The maximum Gasteiger partial charge on any atom is 0.355 e. The number of nitrogens with one attached hydrogen (secondary N) is 1. The number of fused-ring (bicyclic) bond motifs is 1. The lowest BCUT2D eigenvalue weighted by atomic mass is 10.0. The summed E-state index contributed by atoms with van der Waals surface area (Å²) in [6, 6.07) is 16.8. The van der Waals surface area contributed by atoms with Crippen LogP contribution in [0.1, 0.15) is 23.0 Å². The van der Waals surface area contributed by atoms with Crippen LogP contribution in [-0.2, 0) is 11.3 Å². The maximum atomic E-state index is 13.6. The average Bonchev–Trinajstić information content (AvgIpc) is 3.05. The van der Waals surface area contributed by atoms with E-state index in [1.54, 1.807) is 23.6 Å². The Morgan fingerprint density at radius 3 is 2.60 bits per heavy atom. The van der Waals surface area contributed by atoms with E-state index < -0.39 is 11.8 Å². The first-order valence-electron chi connectivity index (χ1n) is 9.41. The van der Waals surface area contributed by atoms with E-state index in [1.165, 1.54) is 18.2 Å². The number of hydrogen-bond donors (Lipinski definition) is 1. The van der Waals surface area contributed by atoms with Gasteiger partial charge in [0.15, 0.2) is 0 Å². The lowest BCUT2D eigenvalue weighted by Gasteiger charge is -2.12. The van der Waals surface area contributed by atoms with Crippen LogP contribution < -0.4 is 5.56 Å². The molecule has 5 nitrogen and oxygen atoms in total. The summed E-state index contributed by atoms with van der Waals surface area (Å²) in [7, 11) is 0. The number of benzene rings is 2. The van der Waals surface area contributed by atoms with Crippen molar-refractivity contribution in [1.82, 2.24) is 9.55 Å². The lowest BCUT2D eigenvalue weighted by molar-refractivity contribution is 0.0516. The standard InChI is InChI=1S/C23H18ClFN2O3/c1-2-30-23(29)22-20(15-6-4-3-5-7-15)21-18(10-11-19(28)26-21)27(22)13-14-8-9-17(25)16(24)12-14/h3-12H,2,13H2,1H3,(H,26,28). The van der Waals surface area contributed by atoms with Gasteiger partial charge in [-0.25, -0.2) is 9.18 Å². The van der Waals surface area contributed by atoms with Crippen molar-refractivity contribution in [2.75, 3.05) is 6.61 Å². The fraction of sp³-hybridized carbons (Fsp3) is 0.130. The van der Waals surface area contributed by atoms with Crippen LogP contribution in [0.3, 0.4) is 0 Å². The van der Waals surface area contributed by atoms with Gasteiger partial charge in [0.1, 0.15) is 11.5 Å². The summed E-state index contributed by atoms with van der Waals surface area (Å²) >= 11 is 5.95. The molecular weight excluding hydrogens is 407 g/mol. The molecule has 0 amide bonds. The summed E-state index contributed by atoms with van der Waals surface area (Å²) in [4.78, 5) is 27.9. The molecule has 2 heterocycles. The topological polar surface area (TPSA) is 64.1 Å². The highest BCUT2D eigenvalue weighted by Gasteiger charge is 2.26. The maximum absolute atomic E-state index is 13.6. The molecule has 0 aliphatic carbocycles. The van der Waals surface area contributed by atoms with Crippen LogP contribution >= 0.6 is 11.6 Å². The van der Waals surface area contributed by atoms with Crippen LogP contribution in [0.4, 0.5) is 4.39 Å². The monoisotopic (exact) mass is 424 g/mol. The van der Waals surface area contributed by atoms with Crippen molar-refractivity contribution in [3.05, 3.63) is 93.1 Å². The van der Waals surface area contributed by atoms with Gasteiger partial charge in [-0.15, -0.1) is 0 Å². The Morgan fingerprint density at radius 1 is 1.13 bits per heavy atom. The largest absolute Gasteiger partial charge is 0.461 e. The van der Waals surface area contributed by atoms with Crippen molar-refractivity contribution < 1.29 is 13.9 Å². The highest BCUT2D eigenvalue weighted by molar-refractivity contribution is 6.30. The summed E-state index contributed by atoms with van der Waals surface area (Å²) in [5, 5.41) is -0.00154. The molecule has 152 valence electrons. The zero-order valence-electron chi connectivity index (χ0n) is 16.1. The second-order valence-electron chi connectivity index (χ2n) is 6.73. The summed E-state index contributed by atoms with van der Waals surface area (Å²) in [6.45, 7) is 2.17. The third kappa shape index (κ3) is 3.62. The van der Waals surface area contributed by atoms with Crippen molar-refractivity contribution >= 4 is 28.6 Å². The number of halogens is 2. The number of carbonyl (C=O) groups is 1. The summed E-state index contributed by atoms with van der Waals surface area (Å²) in [5.74, 6) is -1.03. The molecule has 4 rings (SSSR count). The molecule has 0 saturated heterocycles. The zero-order chi connectivity index (χ0) is 21.3. The van der Waals surface area contributed by atoms with Crippen molar-refractivity contribution in [3.8, 4) is 11.1 Å². The molecule has 0 fully saturated rings. The number of ether oxygens (including phenoxy) is 1. The highest BCUT2D eigenvalue weighted by Crippen LogP contribution is 2.34. The molecule has 4 aromatic rings. The molecule has 0 radical (unpaired) electrons. The Hall–Kier alpha value is -3.38. The molecule has 2 aromatic heterocycles. The molecule has 0 saturated carbocycles. The van der Waals surface area contributed by atoms with E-state index in [4.69, 9.17) is 16.3 Å². The fourth-order valence-corrected chi connectivity index (χ4v) is 3.74. The molecule has 0 unspecified atom stereocenters. The summed E-state index contributed by atoms with van der Waals surface area (Å²) < 4.78 is 20.7. The summed E-state index contributed by atoms with van der Waals surface area (Å²) in [5.41, 5.74) is 3.26. The minimum atomic E-state index is -0.516. The normalized spacial score (nSPS) is 11.0. The Kier molecular flexibility index (Phi) is 5.42. The van der Waals surface area contributed by atoms with Gasteiger partial charge < -0.3 is 14.3 Å². The van der Waals surface area contributed by atoms with Gasteiger partial charge in [-0.1, -0.05) is 48.0 Å². The molecule has 30 heavy (non-hydrogen) atoms. The predicted octanol–water partition coefficient (Wildman–Crippen LogP) is 5.01. The van der Waals surface area contributed by atoms with Crippen LogP contribution in [0, 0.1) is 5.82 Å². The molecule has 2 aromatic carbocycles. The molecule has 0 bridgehead atoms. The van der Waals surface area contributed by atoms with Gasteiger partial charge in [0.2, 0.25) is 5.56 Å². The lowest BCUT2D eigenvalue weighted by Crippen LogP contribution is -2.14. The number of carbonyl (C=O) groups excluding carboxylic acids is 1. The molecule has 0 aliphatic rings. The first-order chi connectivity index (χ1) is 14.5. The van der Waals surface area contributed by atoms with Crippen LogP contribution in [0.2, 0.25) is 5.02 Å². The van der Waals surface area contributed by atoms with E-state index in [2.05, 4.69) is 4.98 Å². The Morgan fingerprint density at radius 2 is 1.90 bits per heavy atom. The summed E-state index contributed by atoms with van der Waals surface area (Å²) in [6.07, 6.45) is 0. The third-order valence-corrected chi connectivity index (χ3v) is 5.09. The molecule has 1 N–H and O–H groups in total. The first-order valence-corrected chi connectivity index (χ1v) is 9.79. The van der Waals surface area contributed by atoms with Gasteiger partial charge in [0.05, 0.1) is 22.7 Å². The van der Waals surface area contributed by atoms with E-state index in [0.717, 1.165) is 5.56 Å². The second-order valence-corrected chi connectivity index (χ2v) is 7.13. The SMILES string of the molecule is CCOC(=O)c1c(-c2ccccc2)c2[nH]c(=O)ccc2n1Cc1ccc(F)c(Cl)c1. The molecule has 0 atom stereocenters. The number of esters is 1. The van der Waals surface area contributed by atoms with Crippen LogP contribution in [0.5, 0.6) is 0 Å². The van der Waals surface area contributed by atoms with Crippen LogP contribution in [0.15, 0.2) is 65.5 Å². The van der Waals surface area contributed by atoms with Crippen molar-refractivity contribution in [3.63, 3.8) is 0 Å². The third-order valence-electron chi connectivity index (χ3n) is 4.80. The van der Waals surface area contributed by atoms with E-state index in [9.17, 15) is 14.0 Å². The first kappa shape index (κ1) is 19.9. The van der Waals surface area contributed by atoms with E-state index >= 15 is 0 Å². The number of aromatic nitrogens is 2. The Bertz CT molecular complexity index is 1300. The highest BCUT2D eigenvalue weighted by atomic mass is 35.5. The van der Waals surface area contributed by atoms with E-state index in [-0.39, 0.29) is 23.7 Å². The molecule has 0 spiro atoms. The van der Waals surface area contributed by atoms with Gasteiger partial charge in [-0.2, -0.15) is 0 Å². The van der Waals surface area contributed by atoms with Gasteiger partial charge >= 0.3 is 5.97 Å². The number of H-pyrrole nitrogens is 1. The van der Waals surface area contributed by atoms with Crippen LogP contribution in [-0.4, -0.2) is 22.1 Å². The predicted molar refractivity (Wildman–Crippen MR) is 114 cm³/mol. The number of pyridine rings is 1. The number of rotatable bonds is 5. The number of nitrogens with zero attached hydrogens (tertiary/aromatic N) is 1. The van der Waals surface area contributed by atoms with Gasteiger partial charge in [-0.3, -0.25) is 4.79 Å². The van der Waals surface area contributed by atoms with E-state index in [1.807, 2.05) is 30.3 Å². The zero-order valence-corrected chi connectivity index (χ0v) is 16.9. The molecule has 0 aliphatic heterocycles. The Labute approximate surface area is 176 Å². The van der Waals surface area contributed by atoms with Gasteiger partial charge in [0, 0.05) is 18.2 Å². The fourth-order valence-electron chi connectivity index (χ4n) is 3.54. The van der Waals surface area contributed by atoms with Gasteiger partial charge in [0.25, 0.3) is 0 Å². The van der Waals surface area contributed by atoms with Gasteiger partial charge in [-0.05, 0) is 36.2 Å². The quantitative estimate of drug-likeness (QED) is 0.458. The smallest absolute Gasteiger partial charge is 0.355 e. The molecule has 7 heteroatoms. The number of hydrogen-bond acceptors (Lipinski definition) is 3. The van der Waals surface area contributed by atoms with E-state index in [0.29, 0.717) is 27.9 Å². The second kappa shape index (κ2) is 8.16. The Balaban J connectivity index is 2.02. The minimum Gasteiger partial charge on any atom is -0.461 e. The van der Waals surface area contributed by atoms with Crippen molar-refractivity contribution in [2.24, 2.45) is 0 Å². The minimum absolute atomic E-state index is 0.00154. The molecular formula is C23H18ClFN2O3. The average molecular weight is 425 g/mol. The number of aromatic amines is 1. The van der Waals surface area contributed by atoms with Crippen LogP contribution in [0.25, 0.3) is 22.2 Å². The van der Waals surface area contributed by atoms with Crippen molar-refractivity contribution in [2.45, 2.75) is 13.5 Å².